The van der Waals surface area contributed by atoms with E-state index in [1.165, 1.54) is 11.3 Å². The number of fused-ring (bicyclic) bond motifs is 1. The second kappa shape index (κ2) is 8.08. The minimum Gasteiger partial charge on any atom is -0.493 e. The van der Waals surface area contributed by atoms with Crippen molar-refractivity contribution in [3.8, 4) is 27.8 Å². The smallest absolute Gasteiger partial charge is 0.267 e. The number of methoxy groups -OCH3 is 3. The van der Waals surface area contributed by atoms with Gasteiger partial charge in [0.15, 0.2) is 11.5 Å². The highest BCUT2D eigenvalue weighted by Crippen LogP contribution is 2.42. The van der Waals surface area contributed by atoms with Gasteiger partial charge < -0.3 is 24.5 Å². The molecule has 4 aromatic rings. The van der Waals surface area contributed by atoms with Crippen LogP contribution >= 0.6 is 11.3 Å². The molecule has 1 amide bonds. The van der Waals surface area contributed by atoms with Crippen molar-refractivity contribution < 1.29 is 19.0 Å². The molecule has 0 radical (unpaired) electrons. The van der Waals surface area contributed by atoms with Crippen LogP contribution in [0.4, 0.5) is 5.69 Å². The number of anilines is 1. The molecule has 2 N–H and O–H groups in total. The number of thiazole rings is 1. The van der Waals surface area contributed by atoms with Crippen molar-refractivity contribution in [3.05, 3.63) is 53.2 Å². The SMILES string of the molecule is COc1cc(-c2nc(C)c(C(=O)Nc3ccc4cc[nH]c4c3)s2)cc(OC)c1OC. The monoisotopic (exact) mass is 423 g/mol. The van der Waals surface area contributed by atoms with E-state index in [-0.39, 0.29) is 5.91 Å². The molecule has 4 rings (SSSR count). The molecule has 2 aromatic carbocycles. The number of amides is 1. The standard InChI is InChI=1S/C22H21N3O4S/c1-12-20(21(26)25-15-6-5-13-7-8-23-16(13)11-15)30-22(24-12)14-9-17(27-2)19(29-4)18(10-14)28-3/h5-11,23H,1-4H3,(H,25,26). The molecule has 0 spiro atoms. The largest absolute Gasteiger partial charge is 0.493 e. The summed E-state index contributed by atoms with van der Waals surface area (Å²) in [7, 11) is 4.68. The summed E-state index contributed by atoms with van der Waals surface area (Å²) >= 11 is 1.31. The lowest BCUT2D eigenvalue weighted by molar-refractivity contribution is 0.103. The normalized spacial score (nSPS) is 10.8. The topological polar surface area (TPSA) is 85.5 Å². The Morgan fingerprint density at radius 1 is 1.03 bits per heavy atom. The van der Waals surface area contributed by atoms with Crippen LogP contribution in [0.3, 0.4) is 0 Å². The van der Waals surface area contributed by atoms with E-state index >= 15 is 0 Å². The van der Waals surface area contributed by atoms with Crippen LogP contribution in [-0.4, -0.2) is 37.2 Å². The zero-order valence-corrected chi connectivity index (χ0v) is 17.8. The molecule has 2 heterocycles. The van der Waals surface area contributed by atoms with E-state index in [4.69, 9.17) is 14.2 Å². The number of nitrogens with zero attached hydrogens (tertiary/aromatic N) is 1. The van der Waals surface area contributed by atoms with Gasteiger partial charge in [-0.15, -0.1) is 11.3 Å². The molecule has 0 unspecified atom stereocenters. The summed E-state index contributed by atoms with van der Waals surface area (Å²) in [6.45, 7) is 1.82. The Hall–Kier alpha value is -3.52. The highest BCUT2D eigenvalue weighted by molar-refractivity contribution is 7.17. The molecule has 0 fully saturated rings. The molecule has 0 aliphatic rings. The third-order valence-electron chi connectivity index (χ3n) is 4.73. The Morgan fingerprint density at radius 3 is 2.43 bits per heavy atom. The van der Waals surface area contributed by atoms with E-state index in [9.17, 15) is 4.79 Å². The maximum Gasteiger partial charge on any atom is 0.267 e. The van der Waals surface area contributed by atoms with E-state index in [2.05, 4.69) is 15.3 Å². The molecule has 2 aromatic heterocycles. The van der Waals surface area contributed by atoms with E-state index in [1.807, 2.05) is 49.5 Å². The van der Waals surface area contributed by atoms with Crippen molar-refractivity contribution >= 4 is 33.8 Å². The van der Waals surface area contributed by atoms with Crippen LogP contribution in [0, 0.1) is 6.92 Å². The van der Waals surface area contributed by atoms with E-state index < -0.39 is 0 Å². The Balaban J connectivity index is 1.65. The first-order valence-corrected chi connectivity index (χ1v) is 10.0. The fraction of sp³-hybridized carbons (Fsp3) is 0.182. The Bertz CT molecular complexity index is 1200. The van der Waals surface area contributed by atoms with Crippen LogP contribution in [0.5, 0.6) is 17.2 Å². The maximum atomic E-state index is 12.9. The van der Waals surface area contributed by atoms with Gasteiger partial charge in [0.2, 0.25) is 5.75 Å². The molecule has 7 nitrogen and oxygen atoms in total. The van der Waals surface area contributed by atoms with Gasteiger partial charge in [-0.1, -0.05) is 6.07 Å². The maximum absolute atomic E-state index is 12.9. The van der Waals surface area contributed by atoms with Crippen LogP contribution in [0.15, 0.2) is 42.6 Å². The van der Waals surface area contributed by atoms with Gasteiger partial charge in [0, 0.05) is 23.0 Å². The highest BCUT2D eigenvalue weighted by Gasteiger charge is 2.20. The second-order valence-electron chi connectivity index (χ2n) is 6.58. The first kappa shape index (κ1) is 19.8. The molecule has 0 atom stereocenters. The van der Waals surface area contributed by atoms with Crippen LogP contribution < -0.4 is 19.5 Å². The Kier molecular flexibility index (Phi) is 5.33. The summed E-state index contributed by atoms with van der Waals surface area (Å²) in [6.07, 6.45) is 1.87. The molecule has 154 valence electrons. The van der Waals surface area contributed by atoms with E-state index in [0.717, 1.165) is 22.2 Å². The number of aromatic nitrogens is 2. The average molecular weight is 423 g/mol. The number of carbonyl (C=O) groups excluding carboxylic acids is 1. The van der Waals surface area contributed by atoms with Crippen LogP contribution in [0.25, 0.3) is 21.5 Å². The summed E-state index contributed by atoms with van der Waals surface area (Å²) in [4.78, 5) is 21.2. The van der Waals surface area contributed by atoms with Gasteiger partial charge in [-0.05, 0) is 42.6 Å². The molecule has 0 aliphatic heterocycles. The fourth-order valence-electron chi connectivity index (χ4n) is 3.25. The minimum atomic E-state index is -0.199. The zero-order valence-electron chi connectivity index (χ0n) is 17.0. The molecular formula is C22H21N3O4S. The molecular weight excluding hydrogens is 402 g/mol. The molecule has 0 aliphatic carbocycles. The molecule has 30 heavy (non-hydrogen) atoms. The van der Waals surface area contributed by atoms with Crippen LogP contribution in [0.1, 0.15) is 15.4 Å². The highest BCUT2D eigenvalue weighted by atomic mass is 32.1. The van der Waals surface area contributed by atoms with E-state index in [0.29, 0.717) is 32.8 Å². The zero-order chi connectivity index (χ0) is 21.3. The number of nitrogens with one attached hydrogen (secondary N) is 2. The fourth-order valence-corrected chi connectivity index (χ4v) is 4.20. The van der Waals surface area contributed by atoms with Gasteiger partial charge >= 0.3 is 0 Å². The number of H-pyrrole nitrogens is 1. The number of aryl methyl sites for hydroxylation is 1. The minimum absolute atomic E-state index is 0.199. The van der Waals surface area contributed by atoms with Gasteiger partial charge in [0.1, 0.15) is 9.88 Å². The lowest BCUT2D eigenvalue weighted by atomic mass is 10.2. The molecule has 8 heteroatoms. The van der Waals surface area contributed by atoms with Crippen molar-refractivity contribution in [2.24, 2.45) is 0 Å². The first-order chi connectivity index (χ1) is 14.5. The average Bonchev–Trinajstić information content (AvgIpc) is 3.38. The quantitative estimate of drug-likeness (QED) is 0.462. The molecule has 0 bridgehead atoms. The van der Waals surface area contributed by atoms with Gasteiger partial charge in [-0.2, -0.15) is 0 Å². The summed E-state index contributed by atoms with van der Waals surface area (Å²) in [5.74, 6) is 1.37. The van der Waals surface area contributed by atoms with Gasteiger partial charge in [0.05, 0.1) is 27.0 Å². The van der Waals surface area contributed by atoms with Crippen molar-refractivity contribution in [3.63, 3.8) is 0 Å². The summed E-state index contributed by atoms with van der Waals surface area (Å²) in [5, 5.41) is 4.73. The lowest BCUT2D eigenvalue weighted by Gasteiger charge is -2.13. The van der Waals surface area contributed by atoms with Crippen molar-refractivity contribution in [2.75, 3.05) is 26.6 Å². The number of rotatable bonds is 6. The van der Waals surface area contributed by atoms with Crippen LogP contribution in [-0.2, 0) is 0 Å². The Labute approximate surface area is 177 Å². The van der Waals surface area contributed by atoms with Crippen LogP contribution in [0.2, 0.25) is 0 Å². The number of benzene rings is 2. The number of carbonyl (C=O) groups is 1. The number of ether oxygens (including phenoxy) is 3. The third-order valence-corrected chi connectivity index (χ3v) is 5.93. The van der Waals surface area contributed by atoms with Crippen molar-refractivity contribution in [2.45, 2.75) is 6.92 Å². The molecule has 0 saturated heterocycles. The predicted octanol–water partition coefficient (Wildman–Crippen LogP) is 4.88. The van der Waals surface area contributed by atoms with Gasteiger partial charge in [-0.3, -0.25) is 4.79 Å². The van der Waals surface area contributed by atoms with Crippen molar-refractivity contribution in [1.29, 1.82) is 0 Å². The second-order valence-corrected chi connectivity index (χ2v) is 7.58. The van der Waals surface area contributed by atoms with Gasteiger partial charge in [0.25, 0.3) is 5.91 Å². The Morgan fingerprint density at radius 2 is 1.77 bits per heavy atom. The number of hydrogen-bond donors (Lipinski definition) is 2. The van der Waals surface area contributed by atoms with Gasteiger partial charge in [-0.25, -0.2) is 4.98 Å². The number of hydrogen-bond acceptors (Lipinski definition) is 6. The predicted molar refractivity (Wildman–Crippen MR) is 118 cm³/mol. The van der Waals surface area contributed by atoms with Crippen molar-refractivity contribution in [1.82, 2.24) is 9.97 Å². The lowest BCUT2D eigenvalue weighted by Crippen LogP contribution is -2.11. The first-order valence-electron chi connectivity index (χ1n) is 9.20. The molecule has 0 saturated carbocycles. The third kappa shape index (κ3) is 3.57. The summed E-state index contributed by atoms with van der Waals surface area (Å²) < 4.78 is 16.2. The summed E-state index contributed by atoms with van der Waals surface area (Å²) in [5.41, 5.74) is 3.12. The summed E-state index contributed by atoms with van der Waals surface area (Å²) in [6, 6.07) is 11.4. The van der Waals surface area contributed by atoms with E-state index in [1.54, 1.807) is 21.3 Å². The number of aromatic amines is 1.